The van der Waals surface area contributed by atoms with Crippen molar-refractivity contribution in [2.75, 3.05) is 18.1 Å². The van der Waals surface area contributed by atoms with Gasteiger partial charge in [-0.15, -0.1) is 0 Å². The average molecular weight is 414 g/mol. The van der Waals surface area contributed by atoms with Gasteiger partial charge in [0.15, 0.2) is 6.23 Å². The zero-order chi connectivity index (χ0) is 21.7. The summed E-state index contributed by atoms with van der Waals surface area (Å²) < 4.78 is 11.2. The van der Waals surface area contributed by atoms with E-state index in [9.17, 15) is 19.7 Å². The first-order chi connectivity index (χ1) is 14.4. The van der Waals surface area contributed by atoms with Crippen LogP contribution in [0.25, 0.3) is 0 Å². The van der Waals surface area contributed by atoms with E-state index in [0.29, 0.717) is 24.3 Å². The summed E-state index contributed by atoms with van der Waals surface area (Å²) in [7, 11) is 0. The number of nitrogens with zero attached hydrogens (tertiary/aromatic N) is 3. The first-order valence-electron chi connectivity index (χ1n) is 9.50. The minimum atomic E-state index is -0.693. The van der Waals surface area contributed by atoms with Gasteiger partial charge in [0, 0.05) is 30.8 Å². The van der Waals surface area contributed by atoms with Gasteiger partial charge in [-0.25, -0.2) is 4.98 Å². The summed E-state index contributed by atoms with van der Waals surface area (Å²) in [5, 5.41) is 11.5. The Kier molecular flexibility index (Phi) is 6.45. The minimum absolute atomic E-state index is 0.148. The van der Waals surface area contributed by atoms with Crippen LogP contribution in [0.4, 0.5) is 11.5 Å². The highest BCUT2D eigenvalue weighted by Crippen LogP contribution is 2.34. The lowest BCUT2D eigenvalue weighted by Crippen LogP contribution is -2.48. The van der Waals surface area contributed by atoms with Gasteiger partial charge in [-0.3, -0.25) is 19.7 Å². The maximum absolute atomic E-state index is 12.3. The van der Waals surface area contributed by atoms with E-state index in [0.717, 1.165) is 0 Å². The molecule has 3 rings (SSSR count). The molecule has 0 bridgehead atoms. The van der Waals surface area contributed by atoms with Gasteiger partial charge < -0.3 is 20.1 Å². The summed E-state index contributed by atoms with van der Waals surface area (Å²) in [5.41, 5.74) is 5.44. The first kappa shape index (κ1) is 21.0. The monoisotopic (exact) mass is 414 g/mol. The fourth-order valence-electron chi connectivity index (χ4n) is 3.36. The predicted molar refractivity (Wildman–Crippen MR) is 107 cm³/mol. The van der Waals surface area contributed by atoms with Gasteiger partial charge in [-0.05, 0) is 43.7 Å². The fraction of sp³-hybridized carbons (Fsp3) is 0.350. The number of carbonyl (C=O) groups is 2. The molecule has 30 heavy (non-hydrogen) atoms. The average Bonchev–Trinajstić information content (AvgIpc) is 2.74. The van der Waals surface area contributed by atoms with E-state index in [-0.39, 0.29) is 30.5 Å². The van der Waals surface area contributed by atoms with Crippen molar-refractivity contribution in [3.8, 4) is 5.75 Å². The van der Waals surface area contributed by atoms with Crippen LogP contribution in [0.2, 0.25) is 0 Å². The molecule has 1 amide bonds. The lowest BCUT2D eigenvalue weighted by molar-refractivity contribution is -0.384. The third kappa shape index (κ3) is 4.65. The Hall–Kier alpha value is -3.69. The number of hydrogen-bond donors (Lipinski definition) is 1. The van der Waals surface area contributed by atoms with Crippen LogP contribution >= 0.6 is 0 Å². The summed E-state index contributed by atoms with van der Waals surface area (Å²) >= 11 is 0. The maximum Gasteiger partial charge on any atom is 0.311 e. The molecule has 0 radical (unpaired) electrons. The molecule has 1 aromatic heterocycles. The number of amides is 1. The number of anilines is 1. The molecule has 1 saturated heterocycles. The van der Waals surface area contributed by atoms with Crippen LogP contribution in [-0.4, -0.2) is 41.2 Å². The third-order valence-corrected chi connectivity index (χ3v) is 4.82. The lowest BCUT2D eigenvalue weighted by atomic mass is 9.95. The van der Waals surface area contributed by atoms with E-state index in [1.165, 1.54) is 30.5 Å². The second kappa shape index (κ2) is 9.21. The highest BCUT2D eigenvalue weighted by Gasteiger charge is 2.37. The Bertz CT molecular complexity index is 933. The Morgan fingerprint density at radius 1 is 1.30 bits per heavy atom. The van der Waals surface area contributed by atoms with Gasteiger partial charge in [-0.1, -0.05) is 0 Å². The molecule has 1 fully saturated rings. The molecule has 10 heteroatoms. The SMILES string of the molecule is CCOC(=O)C1CCN(c2ncccc2[N+](=O)[O-])C(Oc2ccc(C(N)=O)cc2)C1. The number of rotatable bonds is 7. The fourth-order valence-corrected chi connectivity index (χ4v) is 3.36. The van der Waals surface area contributed by atoms with Crippen molar-refractivity contribution in [1.82, 2.24) is 4.98 Å². The molecule has 2 N–H and O–H groups in total. The number of aromatic nitrogens is 1. The Morgan fingerprint density at radius 2 is 2.03 bits per heavy atom. The number of carbonyl (C=O) groups excluding carboxylic acids is 2. The number of piperidine rings is 1. The van der Waals surface area contributed by atoms with Crippen LogP contribution in [0.3, 0.4) is 0 Å². The molecule has 1 aromatic carbocycles. The van der Waals surface area contributed by atoms with E-state index >= 15 is 0 Å². The van der Waals surface area contributed by atoms with Gasteiger partial charge in [0.05, 0.1) is 17.4 Å². The van der Waals surface area contributed by atoms with Crippen molar-refractivity contribution in [3.05, 3.63) is 58.3 Å². The second-order valence-electron chi connectivity index (χ2n) is 6.73. The smallest absolute Gasteiger partial charge is 0.311 e. The summed E-state index contributed by atoms with van der Waals surface area (Å²) in [6, 6.07) is 9.08. The van der Waals surface area contributed by atoms with Gasteiger partial charge in [0.25, 0.3) is 0 Å². The van der Waals surface area contributed by atoms with Gasteiger partial charge in [0.1, 0.15) is 5.75 Å². The predicted octanol–water partition coefficient (Wildman–Crippen LogP) is 2.27. The van der Waals surface area contributed by atoms with Crippen molar-refractivity contribution in [2.45, 2.75) is 26.0 Å². The van der Waals surface area contributed by atoms with Crippen LogP contribution < -0.4 is 15.4 Å². The summed E-state index contributed by atoms with van der Waals surface area (Å²) in [4.78, 5) is 40.4. The van der Waals surface area contributed by atoms with Crippen molar-refractivity contribution in [1.29, 1.82) is 0 Å². The van der Waals surface area contributed by atoms with Crippen LogP contribution in [-0.2, 0) is 9.53 Å². The third-order valence-electron chi connectivity index (χ3n) is 4.82. The Balaban J connectivity index is 1.90. The number of ether oxygens (including phenoxy) is 2. The number of nitrogens with two attached hydrogens (primary N) is 1. The lowest BCUT2D eigenvalue weighted by Gasteiger charge is -2.38. The molecule has 2 heterocycles. The van der Waals surface area contributed by atoms with Crippen LogP contribution in [0.1, 0.15) is 30.1 Å². The van der Waals surface area contributed by atoms with E-state index in [1.807, 2.05) is 0 Å². The van der Waals surface area contributed by atoms with Gasteiger partial charge in [-0.2, -0.15) is 0 Å². The van der Waals surface area contributed by atoms with Crippen molar-refractivity contribution >= 4 is 23.4 Å². The standard InChI is InChI=1S/C20H22N4O6/c1-2-29-20(26)14-9-11-23(19-16(24(27)28)4-3-10-22-19)17(12-14)30-15-7-5-13(6-8-15)18(21)25/h3-8,10,14,17H,2,9,11-12H2,1H3,(H2,21,25). The van der Waals surface area contributed by atoms with Crippen molar-refractivity contribution in [3.63, 3.8) is 0 Å². The number of esters is 1. The summed E-state index contributed by atoms with van der Waals surface area (Å²) in [5.74, 6) is -0.696. The highest BCUT2D eigenvalue weighted by atomic mass is 16.6. The molecule has 10 nitrogen and oxygen atoms in total. The Labute approximate surface area is 172 Å². The molecule has 2 aromatic rings. The Morgan fingerprint density at radius 3 is 2.67 bits per heavy atom. The topological polar surface area (TPSA) is 138 Å². The van der Waals surface area contributed by atoms with E-state index < -0.39 is 23.0 Å². The van der Waals surface area contributed by atoms with E-state index in [2.05, 4.69) is 4.98 Å². The molecule has 1 aliphatic heterocycles. The summed E-state index contributed by atoms with van der Waals surface area (Å²) in [6.45, 7) is 2.33. The number of benzene rings is 1. The molecule has 0 aliphatic carbocycles. The summed E-state index contributed by atoms with van der Waals surface area (Å²) in [6.07, 6.45) is 1.50. The molecule has 1 aliphatic rings. The first-order valence-corrected chi connectivity index (χ1v) is 9.50. The second-order valence-corrected chi connectivity index (χ2v) is 6.73. The number of hydrogen-bond acceptors (Lipinski definition) is 8. The van der Waals surface area contributed by atoms with Crippen LogP contribution in [0.5, 0.6) is 5.75 Å². The zero-order valence-corrected chi connectivity index (χ0v) is 16.4. The highest BCUT2D eigenvalue weighted by molar-refractivity contribution is 5.92. The molecule has 0 saturated carbocycles. The zero-order valence-electron chi connectivity index (χ0n) is 16.4. The molecule has 0 spiro atoms. The minimum Gasteiger partial charge on any atom is -0.470 e. The quantitative estimate of drug-likeness (QED) is 0.414. The van der Waals surface area contributed by atoms with Gasteiger partial charge in [0.2, 0.25) is 11.7 Å². The molecule has 2 unspecified atom stereocenters. The number of primary amides is 1. The van der Waals surface area contributed by atoms with Crippen LogP contribution in [0.15, 0.2) is 42.6 Å². The number of pyridine rings is 1. The van der Waals surface area contributed by atoms with Gasteiger partial charge >= 0.3 is 11.7 Å². The van der Waals surface area contributed by atoms with Crippen molar-refractivity contribution in [2.24, 2.45) is 11.7 Å². The molecule has 2 atom stereocenters. The van der Waals surface area contributed by atoms with Crippen LogP contribution in [0, 0.1) is 16.0 Å². The largest absolute Gasteiger partial charge is 0.470 e. The number of nitro groups is 1. The normalized spacial score (nSPS) is 18.5. The molecular formula is C20H22N4O6. The van der Waals surface area contributed by atoms with E-state index in [4.69, 9.17) is 15.2 Å². The maximum atomic E-state index is 12.3. The van der Waals surface area contributed by atoms with E-state index in [1.54, 1.807) is 24.0 Å². The van der Waals surface area contributed by atoms with Crippen molar-refractivity contribution < 1.29 is 24.0 Å². The molecular weight excluding hydrogens is 392 g/mol. The molecule has 158 valence electrons.